The summed E-state index contributed by atoms with van der Waals surface area (Å²) in [5.74, 6) is 0. The number of urea groups is 1. The first-order valence-electron chi connectivity index (χ1n) is 8.99. The molecule has 132 valence electrons. The van der Waals surface area contributed by atoms with Crippen molar-refractivity contribution < 1.29 is 4.79 Å². The summed E-state index contributed by atoms with van der Waals surface area (Å²) in [6.45, 7) is 6.75. The minimum Gasteiger partial charge on any atom is -0.334 e. The number of carbonyl (C=O) groups is 1. The number of amides is 2. The van der Waals surface area contributed by atoms with Crippen molar-refractivity contribution in [1.29, 1.82) is 0 Å². The molecule has 2 aromatic carbocycles. The standard InChI is InChI=1S/C21H27N3O/c1-4-23(3)15-18-9-7-8-17(13-18)14-22-21(25)24-16(2)12-19-10-5-6-11-20(19)24/h5-11,13,16H,4,12,14-15H2,1-3H3,(H,22,25). The van der Waals surface area contributed by atoms with E-state index in [4.69, 9.17) is 0 Å². The lowest BCUT2D eigenvalue weighted by atomic mass is 10.1. The van der Waals surface area contributed by atoms with Crippen molar-refractivity contribution >= 4 is 11.7 Å². The second-order valence-corrected chi connectivity index (χ2v) is 6.86. The molecule has 0 saturated heterocycles. The highest BCUT2D eigenvalue weighted by molar-refractivity contribution is 5.94. The third-order valence-electron chi connectivity index (χ3n) is 4.85. The summed E-state index contributed by atoms with van der Waals surface area (Å²) in [6, 6.07) is 16.8. The molecule has 1 aliphatic rings. The Morgan fingerprint density at radius 2 is 1.96 bits per heavy atom. The van der Waals surface area contributed by atoms with Gasteiger partial charge in [0.15, 0.2) is 0 Å². The number of carbonyl (C=O) groups excluding carboxylic acids is 1. The van der Waals surface area contributed by atoms with Gasteiger partial charge in [-0.1, -0.05) is 49.4 Å². The maximum Gasteiger partial charge on any atom is 0.322 e. The molecule has 4 heteroatoms. The summed E-state index contributed by atoms with van der Waals surface area (Å²) >= 11 is 0. The Labute approximate surface area is 150 Å². The van der Waals surface area contributed by atoms with E-state index in [0.29, 0.717) is 6.54 Å². The number of rotatable bonds is 5. The van der Waals surface area contributed by atoms with Crippen LogP contribution in [0.2, 0.25) is 0 Å². The highest BCUT2D eigenvalue weighted by Crippen LogP contribution is 2.31. The molecule has 25 heavy (non-hydrogen) atoms. The van der Waals surface area contributed by atoms with Gasteiger partial charge in [0.05, 0.1) is 0 Å². The molecule has 2 amide bonds. The van der Waals surface area contributed by atoms with Gasteiger partial charge >= 0.3 is 6.03 Å². The first-order valence-corrected chi connectivity index (χ1v) is 8.99. The summed E-state index contributed by atoms with van der Waals surface area (Å²) in [5.41, 5.74) is 4.69. The summed E-state index contributed by atoms with van der Waals surface area (Å²) < 4.78 is 0. The number of fused-ring (bicyclic) bond motifs is 1. The topological polar surface area (TPSA) is 35.6 Å². The lowest BCUT2D eigenvalue weighted by Crippen LogP contribution is -2.42. The fourth-order valence-electron chi connectivity index (χ4n) is 3.40. The lowest BCUT2D eigenvalue weighted by molar-refractivity contribution is 0.244. The van der Waals surface area contributed by atoms with Crippen LogP contribution < -0.4 is 10.2 Å². The van der Waals surface area contributed by atoms with E-state index >= 15 is 0 Å². The van der Waals surface area contributed by atoms with Crippen molar-refractivity contribution in [2.24, 2.45) is 0 Å². The van der Waals surface area contributed by atoms with Gasteiger partial charge in [0.25, 0.3) is 0 Å². The Kier molecular flexibility index (Phi) is 5.39. The normalized spacial score (nSPS) is 16.2. The first kappa shape index (κ1) is 17.5. The fourth-order valence-corrected chi connectivity index (χ4v) is 3.40. The fraction of sp³-hybridized carbons (Fsp3) is 0.381. The molecule has 0 fully saturated rings. The van der Waals surface area contributed by atoms with E-state index in [-0.39, 0.29) is 12.1 Å². The second-order valence-electron chi connectivity index (χ2n) is 6.86. The molecule has 0 bridgehead atoms. The van der Waals surface area contributed by atoms with Gasteiger partial charge in [-0.05, 0) is 49.7 Å². The third kappa shape index (κ3) is 4.02. The quantitative estimate of drug-likeness (QED) is 0.901. The number of nitrogens with zero attached hydrogens (tertiary/aromatic N) is 2. The second kappa shape index (κ2) is 7.70. The van der Waals surface area contributed by atoms with Crippen molar-refractivity contribution in [2.45, 2.75) is 39.4 Å². The van der Waals surface area contributed by atoms with Crippen molar-refractivity contribution in [2.75, 3.05) is 18.5 Å². The zero-order valence-electron chi connectivity index (χ0n) is 15.3. The molecule has 1 atom stereocenters. The van der Waals surface area contributed by atoms with Crippen LogP contribution in [0.1, 0.15) is 30.5 Å². The van der Waals surface area contributed by atoms with Gasteiger partial charge in [0, 0.05) is 24.8 Å². The van der Waals surface area contributed by atoms with Gasteiger partial charge in [0.2, 0.25) is 0 Å². The molecule has 1 heterocycles. The van der Waals surface area contributed by atoms with Crippen LogP contribution in [0.4, 0.5) is 10.5 Å². The van der Waals surface area contributed by atoms with Gasteiger partial charge in [-0.3, -0.25) is 4.90 Å². The number of para-hydroxylation sites is 1. The van der Waals surface area contributed by atoms with E-state index in [1.54, 1.807) is 0 Å². The van der Waals surface area contributed by atoms with Gasteiger partial charge in [-0.15, -0.1) is 0 Å². The zero-order chi connectivity index (χ0) is 17.8. The van der Waals surface area contributed by atoms with Crippen LogP contribution in [-0.2, 0) is 19.5 Å². The van der Waals surface area contributed by atoms with Crippen LogP contribution in [0.3, 0.4) is 0 Å². The monoisotopic (exact) mass is 337 g/mol. The Morgan fingerprint density at radius 1 is 1.20 bits per heavy atom. The van der Waals surface area contributed by atoms with Crippen LogP contribution in [-0.4, -0.2) is 30.6 Å². The number of benzene rings is 2. The molecule has 0 saturated carbocycles. The molecular weight excluding hydrogens is 310 g/mol. The van der Waals surface area contributed by atoms with Gasteiger partial charge in [-0.2, -0.15) is 0 Å². The predicted octanol–water partition coefficient (Wildman–Crippen LogP) is 3.80. The van der Waals surface area contributed by atoms with Crippen LogP contribution in [0.15, 0.2) is 48.5 Å². The lowest BCUT2D eigenvalue weighted by Gasteiger charge is -2.23. The molecule has 2 aromatic rings. The van der Waals surface area contributed by atoms with E-state index in [2.05, 4.69) is 61.4 Å². The van der Waals surface area contributed by atoms with E-state index in [0.717, 1.165) is 30.8 Å². The Hall–Kier alpha value is -2.33. The predicted molar refractivity (Wildman–Crippen MR) is 103 cm³/mol. The Morgan fingerprint density at radius 3 is 2.76 bits per heavy atom. The number of hydrogen-bond acceptors (Lipinski definition) is 2. The molecular formula is C21H27N3O. The number of nitrogens with one attached hydrogen (secondary N) is 1. The summed E-state index contributed by atoms with van der Waals surface area (Å²) in [7, 11) is 2.11. The maximum absolute atomic E-state index is 12.7. The maximum atomic E-state index is 12.7. The molecule has 1 N–H and O–H groups in total. The number of hydrogen-bond donors (Lipinski definition) is 1. The van der Waals surface area contributed by atoms with Crippen LogP contribution >= 0.6 is 0 Å². The highest BCUT2D eigenvalue weighted by atomic mass is 16.2. The Balaban J connectivity index is 1.64. The Bertz CT molecular complexity index is 743. The molecule has 1 aliphatic heterocycles. The molecule has 0 spiro atoms. The van der Waals surface area contributed by atoms with E-state index in [9.17, 15) is 4.79 Å². The molecule has 1 unspecified atom stereocenters. The summed E-state index contributed by atoms with van der Waals surface area (Å²) in [4.78, 5) is 16.9. The van der Waals surface area contributed by atoms with Crippen molar-refractivity contribution in [1.82, 2.24) is 10.2 Å². The molecule has 0 radical (unpaired) electrons. The number of anilines is 1. The summed E-state index contributed by atoms with van der Waals surface area (Å²) in [5, 5.41) is 3.08. The summed E-state index contributed by atoms with van der Waals surface area (Å²) in [6.07, 6.45) is 0.919. The van der Waals surface area contributed by atoms with Gasteiger partial charge in [0.1, 0.15) is 0 Å². The highest BCUT2D eigenvalue weighted by Gasteiger charge is 2.30. The smallest absolute Gasteiger partial charge is 0.322 e. The molecule has 3 rings (SSSR count). The largest absolute Gasteiger partial charge is 0.334 e. The minimum atomic E-state index is -0.0199. The van der Waals surface area contributed by atoms with E-state index < -0.39 is 0 Å². The van der Waals surface area contributed by atoms with Crippen molar-refractivity contribution in [3.63, 3.8) is 0 Å². The van der Waals surface area contributed by atoms with Crippen LogP contribution in [0.5, 0.6) is 0 Å². The van der Waals surface area contributed by atoms with Crippen LogP contribution in [0.25, 0.3) is 0 Å². The van der Waals surface area contributed by atoms with Gasteiger partial charge < -0.3 is 10.2 Å². The zero-order valence-corrected chi connectivity index (χ0v) is 15.3. The van der Waals surface area contributed by atoms with Crippen molar-refractivity contribution in [3.05, 3.63) is 65.2 Å². The SMILES string of the molecule is CCN(C)Cc1cccc(CNC(=O)N2c3ccccc3CC2C)c1. The van der Waals surface area contributed by atoms with E-state index in [1.807, 2.05) is 23.1 Å². The van der Waals surface area contributed by atoms with Crippen LogP contribution in [0, 0.1) is 0 Å². The molecule has 0 aliphatic carbocycles. The average molecular weight is 337 g/mol. The van der Waals surface area contributed by atoms with E-state index in [1.165, 1.54) is 11.1 Å². The molecule has 4 nitrogen and oxygen atoms in total. The average Bonchev–Trinajstić information content (AvgIpc) is 2.95. The van der Waals surface area contributed by atoms with Gasteiger partial charge in [-0.25, -0.2) is 4.79 Å². The third-order valence-corrected chi connectivity index (χ3v) is 4.85. The van der Waals surface area contributed by atoms with Crippen molar-refractivity contribution in [3.8, 4) is 0 Å². The minimum absolute atomic E-state index is 0.0199. The first-order chi connectivity index (χ1) is 12.1. The molecule has 0 aromatic heterocycles.